The van der Waals surface area contributed by atoms with Crippen molar-refractivity contribution in [3.05, 3.63) is 24.3 Å². The molecule has 2 atom stereocenters. The van der Waals surface area contributed by atoms with Gasteiger partial charge in [-0.25, -0.2) is 9.59 Å². The molecule has 0 aromatic heterocycles. The predicted octanol–water partition coefficient (Wildman–Crippen LogP) is 2.24. The van der Waals surface area contributed by atoms with Gasteiger partial charge in [-0.05, 0) is 26.7 Å². The standard InChI is InChI=1S/C17H28O6/c1-8-13(22-14(18)11(4)5)16(9-2,17(20,21)10-3)23-15(19)12(6)7/h13,20-21H,4,6,8-10H2,1-3,5,7H3. The number of carbonyl (C=O) groups excluding carboxylic acids is 2. The van der Waals surface area contributed by atoms with Gasteiger partial charge in [-0.1, -0.05) is 33.9 Å². The first-order valence-electron chi connectivity index (χ1n) is 7.69. The summed E-state index contributed by atoms with van der Waals surface area (Å²) in [6.07, 6.45) is -0.908. The summed E-state index contributed by atoms with van der Waals surface area (Å²) in [5.41, 5.74) is -1.54. The van der Waals surface area contributed by atoms with Crippen molar-refractivity contribution in [1.82, 2.24) is 0 Å². The lowest BCUT2D eigenvalue weighted by Gasteiger charge is -2.46. The highest BCUT2D eigenvalue weighted by Crippen LogP contribution is 2.38. The van der Waals surface area contributed by atoms with Crippen molar-refractivity contribution in [2.24, 2.45) is 0 Å². The van der Waals surface area contributed by atoms with E-state index in [2.05, 4.69) is 13.2 Å². The van der Waals surface area contributed by atoms with Crippen LogP contribution in [0.5, 0.6) is 0 Å². The predicted molar refractivity (Wildman–Crippen MR) is 86.4 cm³/mol. The van der Waals surface area contributed by atoms with Gasteiger partial charge in [0.2, 0.25) is 11.4 Å². The van der Waals surface area contributed by atoms with Crippen molar-refractivity contribution >= 4 is 11.9 Å². The molecule has 0 bridgehead atoms. The number of hydrogen-bond acceptors (Lipinski definition) is 6. The Labute approximate surface area is 137 Å². The fourth-order valence-corrected chi connectivity index (χ4v) is 2.28. The molecule has 0 aromatic carbocycles. The maximum atomic E-state index is 12.0. The van der Waals surface area contributed by atoms with E-state index in [1.54, 1.807) is 13.8 Å². The molecule has 132 valence electrons. The lowest BCUT2D eigenvalue weighted by atomic mass is 9.81. The topological polar surface area (TPSA) is 93.1 Å². The average Bonchev–Trinajstić information content (AvgIpc) is 2.49. The third-order valence-electron chi connectivity index (χ3n) is 3.81. The number of ether oxygens (including phenoxy) is 2. The van der Waals surface area contributed by atoms with Gasteiger partial charge in [-0.3, -0.25) is 0 Å². The van der Waals surface area contributed by atoms with E-state index in [0.29, 0.717) is 0 Å². The highest BCUT2D eigenvalue weighted by atomic mass is 16.6. The van der Waals surface area contributed by atoms with E-state index in [1.807, 2.05) is 0 Å². The van der Waals surface area contributed by atoms with Crippen LogP contribution in [0.1, 0.15) is 53.9 Å². The molecule has 0 fully saturated rings. The second kappa shape index (κ2) is 8.26. The molecule has 0 aliphatic rings. The molecule has 6 heteroatoms. The third-order valence-corrected chi connectivity index (χ3v) is 3.81. The molecule has 0 saturated carbocycles. The van der Waals surface area contributed by atoms with Crippen molar-refractivity contribution in [2.75, 3.05) is 0 Å². The minimum absolute atomic E-state index is 0.0365. The SMILES string of the molecule is C=C(C)C(=O)OC(CC)C(CC)(OC(=O)C(=C)C)C(O)(O)CC. The van der Waals surface area contributed by atoms with Crippen LogP contribution in [0.15, 0.2) is 24.3 Å². The first-order chi connectivity index (χ1) is 10.5. The van der Waals surface area contributed by atoms with Crippen LogP contribution in [0.25, 0.3) is 0 Å². The van der Waals surface area contributed by atoms with E-state index >= 15 is 0 Å². The highest BCUT2D eigenvalue weighted by Gasteiger charge is 2.57. The van der Waals surface area contributed by atoms with E-state index in [9.17, 15) is 19.8 Å². The minimum Gasteiger partial charge on any atom is -0.455 e. The zero-order valence-electron chi connectivity index (χ0n) is 14.6. The van der Waals surface area contributed by atoms with Gasteiger partial charge in [0.05, 0.1) is 0 Å². The smallest absolute Gasteiger partial charge is 0.333 e. The summed E-state index contributed by atoms with van der Waals surface area (Å²) in [4.78, 5) is 23.9. The Bertz CT molecular complexity index is 479. The van der Waals surface area contributed by atoms with Crippen LogP contribution in [0.3, 0.4) is 0 Å². The van der Waals surface area contributed by atoms with E-state index < -0.39 is 29.4 Å². The summed E-state index contributed by atoms with van der Waals surface area (Å²) >= 11 is 0. The van der Waals surface area contributed by atoms with Crippen molar-refractivity contribution in [1.29, 1.82) is 0 Å². The summed E-state index contributed by atoms with van der Waals surface area (Å²) in [7, 11) is 0. The molecule has 0 rings (SSSR count). The molecule has 0 amide bonds. The van der Waals surface area contributed by atoms with Crippen LogP contribution in [0.4, 0.5) is 0 Å². The second-order valence-electron chi connectivity index (χ2n) is 5.67. The molecule has 0 aromatic rings. The monoisotopic (exact) mass is 328 g/mol. The fourth-order valence-electron chi connectivity index (χ4n) is 2.28. The summed E-state index contributed by atoms with van der Waals surface area (Å²) in [5.74, 6) is -3.84. The Morgan fingerprint density at radius 1 is 1.00 bits per heavy atom. The minimum atomic E-state index is -2.37. The molecule has 2 N–H and O–H groups in total. The van der Waals surface area contributed by atoms with E-state index in [-0.39, 0.29) is 30.4 Å². The highest BCUT2D eigenvalue weighted by molar-refractivity contribution is 5.88. The Balaban J connectivity index is 5.96. The lowest BCUT2D eigenvalue weighted by Crippen LogP contribution is -2.64. The van der Waals surface area contributed by atoms with Crippen LogP contribution in [-0.4, -0.2) is 39.6 Å². The molecule has 0 aliphatic carbocycles. The maximum Gasteiger partial charge on any atom is 0.333 e. The van der Waals surface area contributed by atoms with Gasteiger partial charge < -0.3 is 19.7 Å². The van der Waals surface area contributed by atoms with Gasteiger partial charge in [0.1, 0.15) is 6.10 Å². The molecule has 23 heavy (non-hydrogen) atoms. The Morgan fingerprint density at radius 3 is 1.78 bits per heavy atom. The number of esters is 2. The van der Waals surface area contributed by atoms with Crippen LogP contribution in [0.2, 0.25) is 0 Å². The molecule has 0 spiro atoms. The Hall–Kier alpha value is -1.66. The molecular weight excluding hydrogens is 300 g/mol. The zero-order chi connectivity index (χ0) is 18.4. The number of aliphatic hydroxyl groups is 2. The van der Waals surface area contributed by atoms with Gasteiger partial charge in [0.15, 0.2) is 0 Å². The third kappa shape index (κ3) is 4.65. The molecule has 2 unspecified atom stereocenters. The molecule has 0 saturated heterocycles. The molecule has 0 heterocycles. The van der Waals surface area contributed by atoms with Crippen LogP contribution >= 0.6 is 0 Å². The first-order valence-corrected chi connectivity index (χ1v) is 7.69. The van der Waals surface area contributed by atoms with Crippen LogP contribution in [-0.2, 0) is 19.1 Å². The van der Waals surface area contributed by atoms with Gasteiger partial charge in [0, 0.05) is 17.6 Å². The van der Waals surface area contributed by atoms with Crippen molar-refractivity contribution in [2.45, 2.75) is 71.4 Å². The largest absolute Gasteiger partial charge is 0.455 e. The van der Waals surface area contributed by atoms with Crippen molar-refractivity contribution in [3.8, 4) is 0 Å². The summed E-state index contributed by atoms with van der Waals surface area (Å²) in [6.45, 7) is 14.8. The summed E-state index contributed by atoms with van der Waals surface area (Å²) < 4.78 is 10.7. The Kier molecular flexibility index (Phi) is 7.67. The van der Waals surface area contributed by atoms with E-state index in [0.717, 1.165) is 0 Å². The van der Waals surface area contributed by atoms with Gasteiger partial charge in [-0.2, -0.15) is 0 Å². The van der Waals surface area contributed by atoms with Crippen LogP contribution in [0, 0.1) is 0 Å². The van der Waals surface area contributed by atoms with Gasteiger partial charge in [0.25, 0.3) is 0 Å². The number of rotatable bonds is 9. The van der Waals surface area contributed by atoms with E-state index in [1.165, 1.54) is 20.8 Å². The molecule has 0 radical (unpaired) electrons. The molecular formula is C17H28O6. The van der Waals surface area contributed by atoms with Gasteiger partial charge in [-0.15, -0.1) is 0 Å². The fraction of sp³-hybridized carbons (Fsp3) is 0.647. The average molecular weight is 328 g/mol. The zero-order valence-corrected chi connectivity index (χ0v) is 14.6. The van der Waals surface area contributed by atoms with Crippen LogP contribution < -0.4 is 0 Å². The second-order valence-corrected chi connectivity index (χ2v) is 5.67. The van der Waals surface area contributed by atoms with Gasteiger partial charge >= 0.3 is 11.9 Å². The summed E-state index contributed by atoms with van der Waals surface area (Å²) in [5, 5.41) is 20.9. The lowest BCUT2D eigenvalue weighted by molar-refractivity contribution is -0.309. The quantitative estimate of drug-likeness (QED) is 0.383. The number of hydrogen-bond donors (Lipinski definition) is 2. The molecule has 6 nitrogen and oxygen atoms in total. The number of carbonyl (C=O) groups is 2. The molecule has 0 aliphatic heterocycles. The summed E-state index contributed by atoms with van der Waals surface area (Å²) in [6, 6.07) is 0. The maximum absolute atomic E-state index is 12.0. The first kappa shape index (κ1) is 21.3. The van der Waals surface area contributed by atoms with Crippen molar-refractivity contribution < 1.29 is 29.3 Å². The normalized spacial score (nSPS) is 15.3. The van der Waals surface area contributed by atoms with E-state index in [4.69, 9.17) is 9.47 Å². The Morgan fingerprint density at radius 2 is 1.48 bits per heavy atom. The van der Waals surface area contributed by atoms with Crippen molar-refractivity contribution in [3.63, 3.8) is 0 Å².